The average Bonchev–Trinajstić information content (AvgIpc) is 2.79. The lowest BCUT2D eigenvalue weighted by atomic mass is 10.0. The highest BCUT2D eigenvalue weighted by Gasteiger charge is 2.28. The van der Waals surface area contributed by atoms with Crippen LogP contribution in [0.3, 0.4) is 0 Å². The molecule has 18 heavy (non-hydrogen) atoms. The Kier molecular flexibility index (Phi) is 4.02. The maximum atomic E-state index is 12.2. The monoisotopic (exact) mass is 247 g/mol. The molecular weight excluding hydrogens is 226 g/mol. The number of nitrogens with one attached hydrogen (secondary N) is 1. The number of aliphatic hydroxyl groups excluding tert-OH is 1. The molecule has 0 saturated heterocycles. The summed E-state index contributed by atoms with van der Waals surface area (Å²) in [5.41, 5.74) is 2.56. The third-order valence-electron chi connectivity index (χ3n) is 3.75. The van der Waals surface area contributed by atoms with Gasteiger partial charge in [0.2, 0.25) is 5.91 Å². The van der Waals surface area contributed by atoms with Gasteiger partial charge in [-0.1, -0.05) is 38.1 Å². The van der Waals surface area contributed by atoms with Crippen molar-refractivity contribution in [1.82, 2.24) is 5.32 Å². The van der Waals surface area contributed by atoms with Gasteiger partial charge in [-0.15, -0.1) is 0 Å². The summed E-state index contributed by atoms with van der Waals surface area (Å²) in [7, 11) is 0. The zero-order chi connectivity index (χ0) is 13.1. The van der Waals surface area contributed by atoms with Crippen LogP contribution < -0.4 is 5.32 Å². The van der Waals surface area contributed by atoms with Gasteiger partial charge in [0.1, 0.15) is 0 Å². The summed E-state index contributed by atoms with van der Waals surface area (Å²) in [6.45, 7) is 4.01. The molecule has 3 heteroatoms. The minimum atomic E-state index is -0.138. The Bertz CT molecular complexity index is 403. The van der Waals surface area contributed by atoms with Crippen molar-refractivity contribution in [3.8, 4) is 0 Å². The number of hydrogen-bond acceptors (Lipinski definition) is 2. The minimum absolute atomic E-state index is 0.00305. The molecule has 0 spiro atoms. The van der Waals surface area contributed by atoms with Crippen molar-refractivity contribution in [1.29, 1.82) is 0 Å². The number of fused-ring (bicyclic) bond motifs is 1. The van der Waals surface area contributed by atoms with E-state index in [1.165, 1.54) is 11.1 Å². The summed E-state index contributed by atoms with van der Waals surface area (Å²) >= 11 is 0. The van der Waals surface area contributed by atoms with E-state index in [9.17, 15) is 9.90 Å². The number of amides is 1. The number of rotatable bonds is 4. The molecule has 1 aromatic rings. The molecule has 1 atom stereocenters. The molecule has 0 bridgehead atoms. The van der Waals surface area contributed by atoms with Gasteiger partial charge in [0.05, 0.1) is 12.6 Å². The van der Waals surface area contributed by atoms with E-state index in [0.29, 0.717) is 0 Å². The zero-order valence-corrected chi connectivity index (χ0v) is 11.0. The largest absolute Gasteiger partial charge is 0.394 e. The van der Waals surface area contributed by atoms with Crippen molar-refractivity contribution in [2.45, 2.75) is 32.7 Å². The molecule has 0 fully saturated rings. The molecule has 0 radical (unpaired) electrons. The Morgan fingerprint density at radius 1 is 1.33 bits per heavy atom. The third-order valence-corrected chi connectivity index (χ3v) is 3.75. The van der Waals surface area contributed by atoms with E-state index in [-0.39, 0.29) is 30.4 Å². The first-order valence-electron chi connectivity index (χ1n) is 6.59. The summed E-state index contributed by atoms with van der Waals surface area (Å²) in [5.74, 6) is 0.344. The van der Waals surface area contributed by atoms with E-state index in [1.807, 2.05) is 26.0 Å². The summed E-state index contributed by atoms with van der Waals surface area (Å²) < 4.78 is 0. The number of benzene rings is 1. The van der Waals surface area contributed by atoms with Gasteiger partial charge >= 0.3 is 0 Å². The van der Waals surface area contributed by atoms with Crippen molar-refractivity contribution in [2.24, 2.45) is 11.8 Å². The van der Waals surface area contributed by atoms with Crippen LogP contribution in [0, 0.1) is 11.8 Å². The lowest BCUT2D eigenvalue weighted by molar-refractivity contribution is -0.126. The van der Waals surface area contributed by atoms with E-state index >= 15 is 0 Å². The van der Waals surface area contributed by atoms with Crippen molar-refractivity contribution in [3.63, 3.8) is 0 Å². The fourth-order valence-corrected chi connectivity index (χ4v) is 2.47. The molecule has 0 aliphatic heterocycles. The maximum Gasteiger partial charge on any atom is 0.224 e. The summed E-state index contributed by atoms with van der Waals surface area (Å²) in [6, 6.07) is 8.08. The molecule has 1 aliphatic rings. The zero-order valence-electron chi connectivity index (χ0n) is 11.0. The van der Waals surface area contributed by atoms with Gasteiger partial charge in [-0.2, -0.15) is 0 Å². The summed E-state index contributed by atoms with van der Waals surface area (Å²) in [4.78, 5) is 12.2. The fraction of sp³-hybridized carbons (Fsp3) is 0.533. The van der Waals surface area contributed by atoms with E-state index in [1.54, 1.807) is 0 Å². The predicted octanol–water partition coefficient (Wildman–Crippen LogP) is 1.53. The van der Waals surface area contributed by atoms with E-state index < -0.39 is 0 Å². The molecule has 2 N–H and O–H groups in total. The molecule has 0 heterocycles. The van der Waals surface area contributed by atoms with Crippen molar-refractivity contribution in [3.05, 3.63) is 35.4 Å². The highest BCUT2D eigenvalue weighted by molar-refractivity contribution is 5.80. The molecule has 1 unspecified atom stereocenters. The SMILES string of the molecule is CC(C)C(CO)NC(=O)C1Cc2ccccc2C1. The summed E-state index contributed by atoms with van der Waals surface area (Å²) in [6.07, 6.45) is 1.64. The fourth-order valence-electron chi connectivity index (χ4n) is 2.47. The Balaban J connectivity index is 1.97. The molecule has 98 valence electrons. The first kappa shape index (κ1) is 13.1. The van der Waals surface area contributed by atoms with Crippen molar-refractivity contribution < 1.29 is 9.90 Å². The molecule has 0 aromatic heterocycles. The van der Waals surface area contributed by atoms with Gasteiger partial charge in [0.15, 0.2) is 0 Å². The second kappa shape index (κ2) is 5.53. The van der Waals surface area contributed by atoms with Crippen LogP contribution >= 0.6 is 0 Å². The van der Waals surface area contributed by atoms with Crippen molar-refractivity contribution in [2.75, 3.05) is 6.61 Å². The molecule has 1 aromatic carbocycles. The highest BCUT2D eigenvalue weighted by atomic mass is 16.3. The van der Waals surface area contributed by atoms with Gasteiger partial charge in [0, 0.05) is 5.92 Å². The molecule has 0 saturated carbocycles. The van der Waals surface area contributed by atoms with E-state index in [0.717, 1.165) is 12.8 Å². The predicted molar refractivity (Wildman–Crippen MR) is 71.2 cm³/mol. The van der Waals surface area contributed by atoms with Crippen LogP contribution in [0.15, 0.2) is 24.3 Å². The van der Waals surface area contributed by atoms with Gasteiger partial charge in [-0.3, -0.25) is 4.79 Å². The molecule has 1 amide bonds. The smallest absolute Gasteiger partial charge is 0.224 e. The molecule has 1 aliphatic carbocycles. The molecule has 2 rings (SSSR count). The van der Waals surface area contributed by atoms with Gasteiger partial charge in [0.25, 0.3) is 0 Å². The quantitative estimate of drug-likeness (QED) is 0.848. The van der Waals surface area contributed by atoms with E-state index in [4.69, 9.17) is 0 Å². The number of hydrogen-bond donors (Lipinski definition) is 2. The topological polar surface area (TPSA) is 49.3 Å². The first-order chi connectivity index (χ1) is 8.61. The lowest BCUT2D eigenvalue weighted by Crippen LogP contribution is -2.44. The second-order valence-electron chi connectivity index (χ2n) is 5.42. The van der Waals surface area contributed by atoms with E-state index in [2.05, 4.69) is 17.4 Å². The second-order valence-corrected chi connectivity index (χ2v) is 5.42. The Hall–Kier alpha value is -1.35. The molecular formula is C15H21NO2. The maximum absolute atomic E-state index is 12.2. The minimum Gasteiger partial charge on any atom is -0.394 e. The van der Waals surface area contributed by atoms with Crippen LogP contribution in [0.25, 0.3) is 0 Å². The van der Waals surface area contributed by atoms with Crippen LogP contribution in [-0.2, 0) is 17.6 Å². The van der Waals surface area contributed by atoms with Gasteiger partial charge in [-0.25, -0.2) is 0 Å². The van der Waals surface area contributed by atoms with Crippen LogP contribution in [-0.4, -0.2) is 23.7 Å². The normalized spacial score (nSPS) is 16.7. The van der Waals surface area contributed by atoms with Crippen molar-refractivity contribution >= 4 is 5.91 Å². The van der Waals surface area contributed by atoms with Crippen LogP contribution in [0.4, 0.5) is 0 Å². The standard InChI is InChI=1S/C15H21NO2/c1-10(2)14(9-17)16-15(18)13-7-11-5-3-4-6-12(11)8-13/h3-6,10,13-14,17H,7-9H2,1-2H3,(H,16,18). The number of aliphatic hydroxyl groups is 1. The number of carbonyl (C=O) groups excluding carboxylic acids is 1. The Labute approximate surface area is 108 Å². The third kappa shape index (κ3) is 2.72. The highest BCUT2D eigenvalue weighted by Crippen LogP contribution is 2.26. The Morgan fingerprint density at radius 2 is 1.89 bits per heavy atom. The lowest BCUT2D eigenvalue weighted by Gasteiger charge is -2.21. The first-order valence-corrected chi connectivity index (χ1v) is 6.59. The van der Waals surface area contributed by atoms with Crippen LogP contribution in [0.1, 0.15) is 25.0 Å². The van der Waals surface area contributed by atoms with Gasteiger partial charge in [-0.05, 0) is 29.9 Å². The van der Waals surface area contributed by atoms with Crippen LogP contribution in [0.2, 0.25) is 0 Å². The average molecular weight is 247 g/mol. The Morgan fingerprint density at radius 3 is 2.33 bits per heavy atom. The van der Waals surface area contributed by atoms with Gasteiger partial charge < -0.3 is 10.4 Å². The van der Waals surface area contributed by atoms with Crippen LogP contribution in [0.5, 0.6) is 0 Å². The summed E-state index contributed by atoms with van der Waals surface area (Å²) in [5, 5.41) is 12.2. The number of carbonyl (C=O) groups is 1. The molecule has 3 nitrogen and oxygen atoms in total.